The van der Waals surface area contributed by atoms with Crippen molar-refractivity contribution in [1.29, 1.82) is 0 Å². The first-order valence-corrected chi connectivity index (χ1v) is 10.5. The summed E-state index contributed by atoms with van der Waals surface area (Å²) in [6, 6.07) is 11.2. The van der Waals surface area contributed by atoms with Gasteiger partial charge in [-0.05, 0) is 24.3 Å². The Hall–Kier alpha value is -2.84. The van der Waals surface area contributed by atoms with Crippen LogP contribution >= 0.6 is 23.2 Å². The molecular weight excluding hydrogens is 435 g/mol. The molecule has 5 rings (SSSR count). The lowest BCUT2D eigenvalue weighted by atomic mass is 9.98. The fourth-order valence-corrected chi connectivity index (χ4v) is 4.18. The van der Waals surface area contributed by atoms with Gasteiger partial charge in [-0.25, -0.2) is 15.0 Å². The summed E-state index contributed by atoms with van der Waals surface area (Å²) >= 11 is 12.9. The molecule has 0 saturated carbocycles. The predicted molar refractivity (Wildman–Crippen MR) is 122 cm³/mol. The Morgan fingerprint density at radius 3 is 2.74 bits per heavy atom. The molecule has 1 aliphatic heterocycles. The molecule has 9 heteroatoms. The van der Waals surface area contributed by atoms with Crippen LogP contribution in [0.3, 0.4) is 0 Å². The highest BCUT2D eigenvalue weighted by atomic mass is 35.5. The van der Waals surface area contributed by atoms with Gasteiger partial charge in [0.1, 0.15) is 18.2 Å². The fraction of sp³-hybridized carbons (Fsp3) is 0.182. The minimum Gasteiger partial charge on any atom is -0.383 e. The summed E-state index contributed by atoms with van der Waals surface area (Å²) < 4.78 is 5.95. The van der Waals surface area contributed by atoms with Gasteiger partial charge in [0.25, 0.3) is 0 Å². The molecule has 1 unspecified atom stereocenters. The Bertz CT molecular complexity index is 1280. The van der Waals surface area contributed by atoms with Gasteiger partial charge in [-0.1, -0.05) is 35.3 Å². The highest BCUT2D eigenvalue weighted by Crippen LogP contribution is 2.40. The van der Waals surface area contributed by atoms with Gasteiger partial charge in [-0.3, -0.25) is 4.98 Å². The largest absolute Gasteiger partial charge is 0.383 e. The Kier molecular flexibility index (Phi) is 5.41. The van der Waals surface area contributed by atoms with Crippen LogP contribution in [0.4, 0.5) is 5.82 Å². The fourth-order valence-electron chi connectivity index (χ4n) is 3.78. The number of pyridine rings is 2. The summed E-state index contributed by atoms with van der Waals surface area (Å²) in [6.45, 7) is 2.12. The molecular formula is C22H18Cl2N6O. The molecule has 0 aliphatic carbocycles. The van der Waals surface area contributed by atoms with Gasteiger partial charge in [-0.2, -0.15) is 0 Å². The van der Waals surface area contributed by atoms with Crippen molar-refractivity contribution in [3.05, 3.63) is 64.7 Å². The molecule has 4 heterocycles. The number of nitrogen functional groups attached to an aromatic ring is 1. The third kappa shape index (κ3) is 3.70. The second-order valence-electron chi connectivity index (χ2n) is 7.11. The van der Waals surface area contributed by atoms with Crippen LogP contribution in [0.2, 0.25) is 10.0 Å². The van der Waals surface area contributed by atoms with Crippen molar-refractivity contribution in [1.82, 2.24) is 25.3 Å². The SMILES string of the molecule is Nc1ncnc2nc(-c3cccnc3C3CNCCO3)cc(-c3cccc(Cl)c3Cl)c12. The number of anilines is 1. The number of hydrogen-bond donors (Lipinski definition) is 2. The topological polar surface area (TPSA) is 98.8 Å². The van der Waals surface area contributed by atoms with E-state index >= 15 is 0 Å². The van der Waals surface area contributed by atoms with Gasteiger partial charge in [0.05, 0.1) is 33.4 Å². The molecule has 156 valence electrons. The normalized spacial score (nSPS) is 16.5. The zero-order chi connectivity index (χ0) is 21.4. The average molecular weight is 453 g/mol. The number of nitrogens with two attached hydrogens (primary N) is 1. The molecule has 0 amide bonds. The number of halogens is 2. The van der Waals surface area contributed by atoms with Crippen molar-refractivity contribution in [2.75, 3.05) is 25.4 Å². The molecule has 1 atom stereocenters. The first-order chi connectivity index (χ1) is 15.1. The molecule has 1 aromatic carbocycles. The van der Waals surface area contributed by atoms with E-state index in [1.807, 2.05) is 30.3 Å². The van der Waals surface area contributed by atoms with Gasteiger partial charge in [0, 0.05) is 36.0 Å². The molecule has 0 bridgehead atoms. The van der Waals surface area contributed by atoms with Crippen LogP contribution in [0, 0.1) is 0 Å². The van der Waals surface area contributed by atoms with Crippen LogP contribution in [0.5, 0.6) is 0 Å². The van der Waals surface area contributed by atoms with Gasteiger partial charge < -0.3 is 15.8 Å². The molecule has 1 aliphatic rings. The summed E-state index contributed by atoms with van der Waals surface area (Å²) in [7, 11) is 0. The molecule has 3 aromatic heterocycles. The molecule has 1 fully saturated rings. The lowest BCUT2D eigenvalue weighted by Crippen LogP contribution is -2.34. The van der Waals surface area contributed by atoms with Gasteiger partial charge in [0.2, 0.25) is 0 Å². The predicted octanol–water partition coefficient (Wildman–Crippen LogP) is 4.30. The van der Waals surface area contributed by atoms with Crippen LogP contribution < -0.4 is 11.1 Å². The highest BCUT2D eigenvalue weighted by Gasteiger charge is 2.23. The third-order valence-electron chi connectivity index (χ3n) is 5.22. The maximum Gasteiger partial charge on any atom is 0.165 e. The summed E-state index contributed by atoms with van der Waals surface area (Å²) in [6.07, 6.45) is 2.99. The Labute approximate surface area is 188 Å². The van der Waals surface area contributed by atoms with Crippen LogP contribution in [0.1, 0.15) is 11.8 Å². The van der Waals surface area contributed by atoms with Crippen LogP contribution in [-0.4, -0.2) is 39.6 Å². The van der Waals surface area contributed by atoms with E-state index in [0.29, 0.717) is 45.7 Å². The zero-order valence-corrected chi connectivity index (χ0v) is 17.9. The summed E-state index contributed by atoms with van der Waals surface area (Å²) in [5.74, 6) is 0.321. The number of morpholine rings is 1. The zero-order valence-electron chi connectivity index (χ0n) is 16.3. The molecule has 4 aromatic rings. The monoisotopic (exact) mass is 452 g/mol. The van der Waals surface area contributed by atoms with Crippen molar-refractivity contribution in [3.63, 3.8) is 0 Å². The van der Waals surface area contributed by atoms with E-state index in [-0.39, 0.29) is 6.10 Å². The lowest BCUT2D eigenvalue weighted by Gasteiger charge is -2.25. The van der Waals surface area contributed by atoms with Crippen molar-refractivity contribution in [3.8, 4) is 22.4 Å². The minimum absolute atomic E-state index is 0.170. The van der Waals surface area contributed by atoms with Crippen LogP contribution in [-0.2, 0) is 4.74 Å². The van der Waals surface area contributed by atoms with Crippen molar-refractivity contribution >= 4 is 40.1 Å². The van der Waals surface area contributed by atoms with Crippen LogP contribution in [0.15, 0.2) is 48.9 Å². The molecule has 7 nitrogen and oxygen atoms in total. The molecule has 31 heavy (non-hydrogen) atoms. The number of benzene rings is 1. The van der Waals surface area contributed by atoms with Crippen molar-refractivity contribution in [2.45, 2.75) is 6.10 Å². The Morgan fingerprint density at radius 2 is 1.90 bits per heavy atom. The number of fused-ring (bicyclic) bond motifs is 1. The second kappa shape index (κ2) is 8.36. The first kappa shape index (κ1) is 20.1. The number of nitrogens with one attached hydrogen (secondary N) is 1. The quantitative estimate of drug-likeness (QED) is 0.477. The number of ether oxygens (including phenoxy) is 1. The van der Waals surface area contributed by atoms with Crippen molar-refractivity contribution < 1.29 is 4.74 Å². The van der Waals surface area contributed by atoms with E-state index in [1.165, 1.54) is 6.33 Å². The van der Waals surface area contributed by atoms with Gasteiger partial charge in [-0.15, -0.1) is 0 Å². The van der Waals surface area contributed by atoms with E-state index in [2.05, 4.69) is 20.3 Å². The van der Waals surface area contributed by atoms with Gasteiger partial charge >= 0.3 is 0 Å². The summed E-state index contributed by atoms with van der Waals surface area (Å²) in [5, 5.41) is 4.84. The van der Waals surface area contributed by atoms with E-state index in [1.54, 1.807) is 12.3 Å². The third-order valence-corrected chi connectivity index (χ3v) is 6.04. The van der Waals surface area contributed by atoms with E-state index in [4.69, 9.17) is 38.7 Å². The van der Waals surface area contributed by atoms with Crippen molar-refractivity contribution in [2.24, 2.45) is 0 Å². The number of rotatable bonds is 3. The van der Waals surface area contributed by atoms with Gasteiger partial charge in [0.15, 0.2) is 5.65 Å². The highest BCUT2D eigenvalue weighted by molar-refractivity contribution is 6.44. The summed E-state index contributed by atoms with van der Waals surface area (Å²) in [5.41, 5.74) is 10.5. The standard InChI is InChI=1S/C22H18Cl2N6O/c23-15-5-1-3-12(19(15)24)14-9-16(30-22-18(14)21(25)28-11-29-22)13-4-2-6-27-20(13)17-10-26-7-8-31-17/h1-6,9,11,17,26H,7-8,10H2,(H2,25,28,29,30). The minimum atomic E-state index is -0.170. The molecule has 0 spiro atoms. The molecule has 3 N–H and O–H groups in total. The maximum atomic E-state index is 6.56. The lowest BCUT2D eigenvalue weighted by molar-refractivity contribution is 0.0254. The smallest absolute Gasteiger partial charge is 0.165 e. The number of aromatic nitrogens is 4. The molecule has 1 saturated heterocycles. The van der Waals surface area contributed by atoms with E-state index in [0.717, 1.165) is 28.9 Å². The number of nitrogens with zero attached hydrogens (tertiary/aromatic N) is 4. The van der Waals surface area contributed by atoms with E-state index < -0.39 is 0 Å². The molecule has 0 radical (unpaired) electrons. The first-order valence-electron chi connectivity index (χ1n) is 9.76. The maximum absolute atomic E-state index is 6.56. The van der Waals surface area contributed by atoms with Crippen LogP contribution in [0.25, 0.3) is 33.4 Å². The number of hydrogen-bond acceptors (Lipinski definition) is 7. The van der Waals surface area contributed by atoms with E-state index in [9.17, 15) is 0 Å². The summed E-state index contributed by atoms with van der Waals surface area (Å²) in [4.78, 5) is 17.9. The second-order valence-corrected chi connectivity index (χ2v) is 7.90. The average Bonchev–Trinajstić information content (AvgIpc) is 2.81. The Morgan fingerprint density at radius 1 is 1.03 bits per heavy atom. The Balaban J connectivity index is 1.77.